The molecule has 1 aliphatic heterocycles. The maximum Gasteiger partial charge on any atom is 0.127 e. The molecule has 1 N–H and O–H groups in total. The second-order valence-electron chi connectivity index (χ2n) is 5.63. The smallest absolute Gasteiger partial charge is 0.127 e. The van der Waals surface area contributed by atoms with Crippen LogP contribution in [0.4, 0.5) is 0 Å². The van der Waals surface area contributed by atoms with Crippen LogP contribution in [-0.4, -0.2) is 13.2 Å². The van der Waals surface area contributed by atoms with Gasteiger partial charge in [0, 0.05) is 18.0 Å². The summed E-state index contributed by atoms with van der Waals surface area (Å²) in [6.07, 6.45) is 3.18. The number of hydrogen-bond donors (Lipinski definition) is 1. The lowest BCUT2D eigenvalue weighted by atomic mass is 9.96. The Kier molecular flexibility index (Phi) is 4.56. The summed E-state index contributed by atoms with van der Waals surface area (Å²) in [4.78, 5) is 0. The van der Waals surface area contributed by atoms with Crippen molar-refractivity contribution < 1.29 is 4.74 Å². The van der Waals surface area contributed by atoms with Crippen LogP contribution in [0.2, 0.25) is 0 Å². The average molecular weight is 281 g/mol. The van der Waals surface area contributed by atoms with Gasteiger partial charge >= 0.3 is 0 Å². The number of para-hydroxylation sites is 1. The van der Waals surface area contributed by atoms with E-state index < -0.39 is 0 Å². The molecule has 0 spiro atoms. The van der Waals surface area contributed by atoms with Crippen LogP contribution in [0, 0.1) is 0 Å². The first kappa shape index (κ1) is 14.2. The number of fused-ring (bicyclic) bond motifs is 1. The first-order valence-electron chi connectivity index (χ1n) is 7.90. The van der Waals surface area contributed by atoms with Gasteiger partial charge in [0.2, 0.25) is 0 Å². The number of hydrogen-bond acceptors (Lipinski definition) is 2. The second-order valence-corrected chi connectivity index (χ2v) is 5.63. The Morgan fingerprint density at radius 1 is 1.10 bits per heavy atom. The van der Waals surface area contributed by atoms with Crippen molar-refractivity contribution in [1.82, 2.24) is 5.32 Å². The molecule has 1 unspecified atom stereocenters. The van der Waals surface area contributed by atoms with Crippen molar-refractivity contribution in [3.8, 4) is 5.75 Å². The molecule has 0 aliphatic carbocycles. The van der Waals surface area contributed by atoms with Crippen molar-refractivity contribution in [2.75, 3.05) is 13.2 Å². The molecule has 2 aromatic rings. The first-order chi connectivity index (χ1) is 10.4. The Hall–Kier alpha value is -1.80. The van der Waals surface area contributed by atoms with E-state index in [1.807, 2.05) is 0 Å². The largest absolute Gasteiger partial charge is 0.493 e. The molecular weight excluding hydrogens is 258 g/mol. The van der Waals surface area contributed by atoms with Gasteiger partial charge in [0.25, 0.3) is 0 Å². The molecule has 1 heterocycles. The van der Waals surface area contributed by atoms with Crippen LogP contribution in [0.25, 0.3) is 0 Å². The second kappa shape index (κ2) is 6.77. The Labute approximate surface area is 127 Å². The molecule has 0 saturated heterocycles. The molecule has 0 saturated carbocycles. The lowest BCUT2D eigenvalue weighted by molar-refractivity contribution is 0.348. The molecule has 21 heavy (non-hydrogen) atoms. The minimum Gasteiger partial charge on any atom is -0.493 e. The molecule has 1 aliphatic rings. The molecule has 2 nitrogen and oxygen atoms in total. The van der Waals surface area contributed by atoms with Crippen LogP contribution in [0.15, 0.2) is 48.5 Å². The summed E-state index contributed by atoms with van der Waals surface area (Å²) >= 11 is 0. The summed E-state index contributed by atoms with van der Waals surface area (Å²) in [6, 6.07) is 17.6. The van der Waals surface area contributed by atoms with E-state index in [9.17, 15) is 0 Å². The Morgan fingerprint density at radius 3 is 2.76 bits per heavy atom. The summed E-state index contributed by atoms with van der Waals surface area (Å²) < 4.78 is 5.89. The normalized spacial score (nSPS) is 14.5. The fourth-order valence-corrected chi connectivity index (χ4v) is 2.98. The van der Waals surface area contributed by atoms with Crippen LogP contribution in [0.3, 0.4) is 0 Å². The molecule has 0 aromatic heterocycles. The molecule has 2 aromatic carbocycles. The Balaban J connectivity index is 1.87. The fraction of sp³-hybridized carbons (Fsp3) is 0.368. The topological polar surface area (TPSA) is 21.3 Å². The van der Waals surface area contributed by atoms with Crippen LogP contribution in [0.1, 0.15) is 36.1 Å². The van der Waals surface area contributed by atoms with Crippen LogP contribution in [-0.2, 0) is 12.8 Å². The van der Waals surface area contributed by atoms with Gasteiger partial charge in [-0.2, -0.15) is 0 Å². The molecule has 3 rings (SSSR count). The molecule has 2 heteroatoms. The van der Waals surface area contributed by atoms with Crippen LogP contribution in [0.5, 0.6) is 5.75 Å². The standard InChI is InChI=1S/C19H23NO/c1-2-12-20-18(14-15-7-4-3-5-8-15)17-10-6-9-16-11-13-21-19(16)17/h3-10,18,20H,2,11-14H2,1H3. The highest BCUT2D eigenvalue weighted by atomic mass is 16.5. The fourth-order valence-electron chi connectivity index (χ4n) is 2.98. The predicted molar refractivity (Wildman–Crippen MR) is 86.8 cm³/mol. The van der Waals surface area contributed by atoms with Gasteiger partial charge in [-0.1, -0.05) is 55.5 Å². The van der Waals surface area contributed by atoms with Crippen molar-refractivity contribution in [2.45, 2.75) is 32.2 Å². The van der Waals surface area contributed by atoms with E-state index in [4.69, 9.17) is 4.74 Å². The number of ether oxygens (including phenoxy) is 1. The third-order valence-corrected chi connectivity index (χ3v) is 4.04. The monoisotopic (exact) mass is 281 g/mol. The summed E-state index contributed by atoms with van der Waals surface area (Å²) in [5.41, 5.74) is 4.02. The van der Waals surface area contributed by atoms with Gasteiger partial charge in [0.15, 0.2) is 0 Å². The van der Waals surface area contributed by atoms with E-state index in [0.717, 1.165) is 38.2 Å². The molecule has 0 bridgehead atoms. The van der Waals surface area contributed by atoms with Crippen molar-refractivity contribution in [3.05, 3.63) is 65.2 Å². The zero-order valence-corrected chi connectivity index (χ0v) is 12.6. The quantitative estimate of drug-likeness (QED) is 0.867. The van der Waals surface area contributed by atoms with Gasteiger partial charge in [-0.05, 0) is 30.5 Å². The van der Waals surface area contributed by atoms with Crippen molar-refractivity contribution in [3.63, 3.8) is 0 Å². The highest BCUT2D eigenvalue weighted by Gasteiger charge is 2.21. The highest BCUT2D eigenvalue weighted by Crippen LogP contribution is 2.34. The van der Waals surface area contributed by atoms with Gasteiger partial charge in [0.05, 0.1) is 6.61 Å². The van der Waals surface area contributed by atoms with Gasteiger partial charge in [-0.3, -0.25) is 0 Å². The highest BCUT2D eigenvalue weighted by molar-refractivity contribution is 5.46. The molecule has 0 fully saturated rings. The van der Waals surface area contributed by atoms with Gasteiger partial charge in [-0.25, -0.2) is 0 Å². The molecule has 110 valence electrons. The van der Waals surface area contributed by atoms with Crippen LogP contribution >= 0.6 is 0 Å². The first-order valence-corrected chi connectivity index (χ1v) is 7.90. The van der Waals surface area contributed by atoms with Gasteiger partial charge in [0.1, 0.15) is 5.75 Å². The predicted octanol–water partition coefficient (Wildman–Crippen LogP) is 3.90. The third-order valence-electron chi connectivity index (χ3n) is 4.04. The molecular formula is C19H23NO. The summed E-state index contributed by atoms with van der Waals surface area (Å²) in [5, 5.41) is 3.68. The minimum atomic E-state index is 0.320. The number of nitrogens with one attached hydrogen (secondary N) is 1. The van der Waals surface area contributed by atoms with Crippen LogP contribution < -0.4 is 10.1 Å². The van der Waals surface area contributed by atoms with E-state index >= 15 is 0 Å². The molecule has 0 amide bonds. The van der Waals surface area contributed by atoms with E-state index in [2.05, 4.69) is 60.8 Å². The maximum absolute atomic E-state index is 5.89. The minimum absolute atomic E-state index is 0.320. The van der Waals surface area contributed by atoms with Crippen molar-refractivity contribution >= 4 is 0 Å². The van der Waals surface area contributed by atoms with E-state index in [1.54, 1.807) is 0 Å². The van der Waals surface area contributed by atoms with Crippen molar-refractivity contribution in [1.29, 1.82) is 0 Å². The number of rotatable bonds is 6. The zero-order chi connectivity index (χ0) is 14.5. The van der Waals surface area contributed by atoms with E-state index in [-0.39, 0.29) is 0 Å². The summed E-state index contributed by atoms with van der Waals surface area (Å²) in [7, 11) is 0. The SMILES string of the molecule is CCCNC(Cc1ccccc1)c1cccc2c1OCC2. The Morgan fingerprint density at radius 2 is 1.95 bits per heavy atom. The number of benzene rings is 2. The molecule has 1 atom stereocenters. The average Bonchev–Trinajstić information content (AvgIpc) is 3.01. The molecule has 0 radical (unpaired) electrons. The van der Waals surface area contributed by atoms with Gasteiger partial charge < -0.3 is 10.1 Å². The van der Waals surface area contributed by atoms with E-state index in [0.29, 0.717) is 6.04 Å². The summed E-state index contributed by atoms with van der Waals surface area (Å²) in [6.45, 7) is 4.05. The van der Waals surface area contributed by atoms with Crippen molar-refractivity contribution in [2.24, 2.45) is 0 Å². The lowest BCUT2D eigenvalue weighted by Crippen LogP contribution is -2.24. The van der Waals surface area contributed by atoms with Gasteiger partial charge in [-0.15, -0.1) is 0 Å². The third kappa shape index (κ3) is 3.27. The zero-order valence-electron chi connectivity index (χ0n) is 12.6. The lowest BCUT2D eigenvalue weighted by Gasteiger charge is -2.21. The van der Waals surface area contributed by atoms with E-state index in [1.165, 1.54) is 16.7 Å². The Bertz CT molecular complexity index is 579. The maximum atomic E-state index is 5.89. The summed E-state index contributed by atoms with van der Waals surface area (Å²) in [5.74, 6) is 1.11.